The highest BCUT2D eigenvalue weighted by atomic mass is 15.2. The molecule has 62 heavy (non-hydrogen) atoms. The van der Waals surface area contributed by atoms with E-state index in [0.29, 0.717) is 34.1 Å². The second kappa shape index (κ2) is 15.7. The number of benzene rings is 7. The molecular formula is C54H36B4N4. The molecule has 0 spiro atoms. The van der Waals surface area contributed by atoms with Gasteiger partial charge in [0.05, 0.1) is 11.1 Å². The Morgan fingerprint density at radius 1 is 0.516 bits per heavy atom. The van der Waals surface area contributed by atoms with Gasteiger partial charge in [-0.25, -0.2) is 15.0 Å². The van der Waals surface area contributed by atoms with Crippen LogP contribution in [0.3, 0.4) is 0 Å². The zero-order valence-corrected chi connectivity index (χ0v) is 34.2. The molecule has 0 fully saturated rings. The van der Waals surface area contributed by atoms with Crippen LogP contribution in [-0.4, -0.2) is 46.3 Å². The lowest BCUT2D eigenvalue weighted by Gasteiger charge is -2.50. The molecule has 0 bridgehead atoms. The van der Waals surface area contributed by atoms with E-state index in [1.54, 1.807) is 0 Å². The van der Waals surface area contributed by atoms with Crippen LogP contribution in [0.25, 0.3) is 45.3 Å². The molecule has 0 N–H and O–H groups in total. The zero-order chi connectivity index (χ0) is 42.5. The third kappa shape index (κ3) is 6.32. The van der Waals surface area contributed by atoms with Crippen molar-refractivity contribution in [3.8, 4) is 45.3 Å². The summed E-state index contributed by atoms with van der Waals surface area (Å²) in [4.78, 5) is 17.4. The van der Waals surface area contributed by atoms with Crippen LogP contribution in [0.4, 0.5) is 17.1 Å². The third-order valence-corrected chi connectivity index (χ3v) is 12.2. The van der Waals surface area contributed by atoms with Crippen LogP contribution in [0.1, 0.15) is 35.1 Å². The van der Waals surface area contributed by atoms with Crippen LogP contribution in [-0.2, 0) is 5.41 Å². The molecule has 2 unspecified atom stereocenters. The van der Waals surface area contributed by atoms with Crippen molar-refractivity contribution in [1.29, 1.82) is 0 Å². The molecule has 7 aromatic carbocycles. The molecule has 0 saturated carbocycles. The molecule has 1 aromatic heterocycles. The van der Waals surface area contributed by atoms with Crippen molar-refractivity contribution in [2.75, 3.05) is 4.90 Å². The lowest BCUT2D eigenvalue weighted by Crippen LogP contribution is -2.56. The summed E-state index contributed by atoms with van der Waals surface area (Å²) in [5, 5.41) is 0. The molecule has 1 aliphatic heterocycles. The number of hydrogen-bond donors (Lipinski definition) is 0. The maximum atomic E-state index is 7.27. The molecule has 2 atom stereocenters. The average Bonchev–Trinajstić information content (AvgIpc) is 3.38. The first kappa shape index (κ1) is 39.0. The van der Waals surface area contributed by atoms with Crippen molar-refractivity contribution in [2.24, 2.45) is 0 Å². The largest absolute Gasteiger partial charge is 0.310 e. The first-order valence-corrected chi connectivity index (χ1v) is 20.6. The number of hydrogen-bond acceptors (Lipinski definition) is 4. The molecule has 0 saturated heterocycles. The highest BCUT2D eigenvalue weighted by molar-refractivity contribution is 6.64. The fourth-order valence-electron chi connectivity index (χ4n) is 9.16. The van der Waals surface area contributed by atoms with Gasteiger partial charge in [-0.3, -0.25) is 0 Å². The molecule has 0 amide bonds. The van der Waals surface area contributed by atoms with E-state index in [2.05, 4.69) is 109 Å². The number of anilines is 3. The summed E-state index contributed by atoms with van der Waals surface area (Å²) >= 11 is 0. The van der Waals surface area contributed by atoms with Gasteiger partial charge < -0.3 is 4.90 Å². The van der Waals surface area contributed by atoms with E-state index in [1.807, 2.05) is 84.9 Å². The zero-order valence-electron chi connectivity index (χ0n) is 34.2. The summed E-state index contributed by atoms with van der Waals surface area (Å²) in [5.41, 5.74) is 11.9. The fourth-order valence-corrected chi connectivity index (χ4v) is 9.16. The Hall–Kier alpha value is -7.17. The van der Waals surface area contributed by atoms with Crippen molar-refractivity contribution in [3.05, 3.63) is 216 Å². The van der Waals surface area contributed by atoms with Gasteiger partial charge >= 0.3 is 0 Å². The van der Waals surface area contributed by atoms with Gasteiger partial charge in [0.15, 0.2) is 17.5 Å². The second-order valence-corrected chi connectivity index (χ2v) is 15.8. The lowest BCUT2D eigenvalue weighted by atomic mass is 9.53. The minimum Gasteiger partial charge on any atom is -0.310 e. The SMILES string of the molecule is [B]c1c([B])c([B])c2c(c1[B])N(c1cccc(-c3nc(-c4ccccc4)nc(-c4ccc(-c5ccccc5)cc4)n3)c1)c1cccc3c1C2(c1ccccc1)C(=C)/C=C\C=C/C3C. The molecule has 2 heterocycles. The Labute approximate surface area is 368 Å². The van der Waals surface area contributed by atoms with Gasteiger partial charge in [-0.2, -0.15) is 0 Å². The number of rotatable bonds is 6. The summed E-state index contributed by atoms with van der Waals surface area (Å²) in [6, 6.07) is 53.5. The van der Waals surface area contributed by atoms with Gasteiger partial charge in [-0.15, -0.1) is 10.9 Å². The van der Waals surface area contributed by atoms with E-state index >= 15 is 0 Å². The first-order chi connectivity index (χ1) is 30.3. The number of aromatic nitrogens is 3. The number of fused-ring (bicyclic) bond motifs is 2. The van der Waals surface area contributed by atoms with Gasteiger partial charge in [0, 0.05) is 28.1 Å². The van der Waals surface area contributed by atoms with Gasteiger partial charge in [0.2, 0.25) is 0 Å². The van der Waals surface area contributed by atoms with Crippen molar-refractivity contribution < 1.29 is 0 Å². The van der Waals surface area contributed by atoms with Crippen LogP contribution in [0.15, 0.2) is 194 Å². The summed E-state index contributed by atoms with van der Waals surface area (Å²) in [5.74, 6) is 1.66. The average molecular weight is 784 g/mol. The van der Waals surface area contributed by atoms with Gasteiger partial charge in [0.25, 0.3) is 0 Å². The standard InChI is InChI=1S/C54H36B4N4/c1-33-16-12-13-17-34(2)54(40-23-10-5-11-24-40)44-42(33)26-15-27-43(44)62(50-45(54)46(55)47(56)48(57)49(50)58)41-25-14-22-39(32-41)53-60-51(37-20-8-4-9-21-37)59-52(61-53)38-30-28-36(29-31-38)35-18-6-3-7-19-35/h3-33H,2H2,1H3/b16-12-,17-13-. The van der Waals surface area contributed by atoms with Crippen LogP contribution in [0.5, 0.6) is 0 Å². The molecule has 1 aliphatic carbocycles. The normalized spacial score (nSPS) is 17.5. The first-order valence-electron chi connectivity index (χ1n) is 20.6. The molecule has 284 valence electrons. The summed E-state index contributed by atoms with van der Waals surface area (Å²) in [6.07, 6.45) is 8.37. The van der Waals surface area contributed by atoms with E-state index in [9.17, 15) is 0 Å². The quantitative estimate of drug-likeness (QED) is 0.159. The summed E-state index contributed by atoms with van der Waals surface area (Å²) < 4.78 is 0. The fraction of sp³-hybridized carbons (Fsp3) is 0.0556. The smallest absolute Gasteiger partial charge is 0.164 e. The van der Waals surface area contributed by atoms with Crippen molar-refractivity contribution in [3.63, 3.8) is 0 Å². The van der Waals surface area contributed by atoms with Gasteiger partial charge in [-0.1, -0.05) is 188 Å². The molecule has 8 radical (unpaired) electrons. The molecular weight excluding hydrogens is 748 g/mol. The van der Waals surface area contributed by atoms with E-state index in [1.165, 1.54) is 0 Å². The summed E-state index contributed by atoms with van der Waals surface area (Å²) in [7, 11) is 28.1. The third-order valence-electron chi connectivity index (χ3n) is 12.2. The Balaban J connectivity index is 1.22. The van der Waals surface area contributed by atoms with E-state index in [4.69, 9.17) is 52.9 Å². The van der Waals surface area contributed by atoms with Gasteiger partial charge in [0.1, 0.15) is 31.4 Å². The van der Waals surface area contributed by atoms with Crippen LogP contribution in [0, 0.1) is 0 Å². The van der Waals surface area contributed by atoms with Crippen LogP contribution in [0.2, 0.25) is 0 Å². The van der Waals surface area contributed by atoms with Crippen LogP contribution >= 0.6 is 0 Å². The predicted molar refractivity (Wildman–Crippen MR) is 260 cm³/mol. The van der Waals surface area contributed by atoms with Crippen molar-refractivity contribution >= 4 is 70.3 Å². The van der Waals surface area contributed by atoms with Gasteiger partial charge in [-0.05, 0) is 63.1 Å². The van der Waals surface area contributed by atoms with Crippen molar-refractivity contribution in [1.82, 2.24) is 15.0 Å². The highest BCUT2D eigenvalue weighted by Crippen LogP contribution is 2.58. The minimum absolute atomic E-state index is 0.0184. The maximum absolute atomic E-state index is 7.27. The monoisotopic (exact) mass is 784 g/mol. The Bertz CT molecular complexity index is 3090. The Morgan fingerprint density at radius 3 is 1.73 bits per heavy atom. The molecule has 4 nitrogen and oxygen atoms in total. The van der Waals surface area contributed by atoms with E-state index in [0.717, 1.165) is 67.0 Å². The maximum Gasteiger partial charge on any atom is 0.164 e. The minimum atomic E-state index is -1.00. The topological polar surface area (TPSA) is 41.9 Å². The number of allylic oxidation sites excluding steroid dienone is 5. The second-order valence-electron chi connectivity index (χ2n) is 15.8. The van der Waals surface area contributed by atoms with Crippen molar-refractivity contribution in [2.45, 2.75) is 18.3 Å². The van der Waals surface area contributed by atoms with E-state index < -0.39 is 5.41 Å². The lowest BCUT2D eigenvalue weighted by molar-refractivity contribution is 0.720. The molecule has 8 heteroatoms. The number of nitrogens with zero attached hydrogens (tertiary/aromatic N) is 4. The Morgan fingerprint density at radius 2 is 1.05 bits per heavy atom. The molecule has 2 aliphatic rings. The molecule has 10 rings (SSSR count). The Kier molecular flexibility index (Phi) is 9.87. The van der Waals surface area contributed by atoms with E-state index in [-0.39, 0.29) is 16.8 Å². The summed E-state index contributed by atoms with van der Waals surface area (Å²) in [6.45, 7) is 6.99. The molecule has 8 aromatic rings. The highest BCUT2D eigenvalue weighted by Gasteiger charge is 2.49. The van der Waals surface area contributed by atoms with Crippen LogP contribution < -0.4 is 26.8 Å². The predicted octanol–water partition coefficient (Wildman–Crippen LogP) is 8.62.